The van der Waals surface area contributed by atoms with E-state index in [9.17, 15) is 0 Å². The van der Waals surface area contributed by atoms with Gasteiger partial charge in [0, 0.05) is 18.1 Å². The fraction of sp³-hybridized carbons (Fsp3) is 0.238. The van der Waals surface area contributed by atoms with Gasteiger partial charge in [-0.25, -0.2) is 4.98 Å². The summed E-state index contributed by atoms with van der Waals surface area (Å²) in [5.41, 5.74) is 3.94. The largest absolute Gasteiger partial charge is 0.262 e. The first-order valence-electron chi connectivity index (χ1n) is 8.75. The summed E-state index contributed by atoms with van der Waals surface area (Å²) < 4.78 is 5.08. The number of fused-ring (bicyclic) bond motifs is 2. The van der Waals surface area contributed by atoms with Crippen molar-refractivity contribution in [1.82, 2.24) is 4.98 Å². The number of hydrogen-bond acceptors (Lipinski definition) is 3. The molecular weight excluding hydrogens is 344 g/mol. The van der Waals surface area contributed by atoms with E-state index in [1.165, 1.54) is 30.5 Å². The maximum atomic E-state index is 4.72. The lowest BCUT2D eigenvalue weighted by Gasteiger charge is -1.97. The van der Waals surface area contributed by atoms with Crippen molar-refractivity contribution in [2.75, 3.05) is 0 Å². The molecule has 0 bridgehead atoms. The van der Waals surface area contributed by atoms with E-state index >= 15 is 0 Å². The van der Waals surface area contributed by atoms with Crippen LogP contribution in [0.4, 0.5) is 0 Å². The highest BCUT2D eigenvalue weighted by Gasteiger charge is 2.19. The van der Waals surface area contributed by atoms with Crippen LogP contribution in [0.1, 0.15) is 29.4 Å². The first kappa shape index (κ1) is 16.4. The zero-order valence-corrected chi connectivity index (χ0v) is 16.2. The Morgan fingerprint density at radius 3 is 2.64 bits per heavy atom. The minimum Gasteiger partial charge on any atom is -0.241 e. The Morgan fingerprint density at radius 1 is 1.00 bits per heavy atom. The van der Waals surface area contributed by atoms with E-state index in [0.717, 1.165) is 24.9 Å². The molecule has 0 saturated carbocycles. The van der Waals surface area contributed by atoms with Gasteiger partial charge in [-0.1, -0.05) is 48.6 Å². The molecule has 0 atom stereocenters. The van der Waals surface area contributed by atoms with Crippen LogP contribution in [0, 0.1) is 0 Å². The van der Waals surface area contributed by atoms with Crippen LogP contribution in [0.25, 0.3) is 26.5 Å². The molecule has 4 aromatic rings. The number of para-hydroxylation sites is 2. The van der Waals surface area contributed by atoms with Crippen LogP contribution in [-0.2, 0) is 19.4 Å². The highest BCUT2D eigenvalue weighted by Crippen LogP contribution is 2.26. The predicted molar refractivity (Wildman–Crippen MR) is 109 cm³/mol. The van der Waals surface area contributed by atoms with Gasteiger partial charge in [0.1, 0.15) is 11.2 Å². The van der Waals surface area contributed by atoms with E-state index in [1.807, 2.05) is 17.4 Å². The van der Waals surface area contributed by atoms with Crippen molar-refractivity contribution in [3.05, 3.63) is 64.1 Å². The molecule has 0 spiro atoms. The molecule has 2 aromatic heterocycles. The van der Waals surface area contributed by atoms with Gasteiger partial charge in [0.15, 0.2) is 0 Å². The second-order valence-corrected chi connectivity index (χ2v) is 8.16. The van der Waals surface area contributed by atoms with Crippen LogP contribution >= 0.6 is 22.7 Å². The fourth-order valence-corrected chi connectivity index (χ4v) is 5.37. The van der Waals surface area contributed by atoms with Gasteiger partial charge in [-0.2, -0.15) is 4.57 Å². The summed E-state index contributed by atoms with van der Waals surface area (Å²) in [5.74, 6) is 0. The molecule has 0 fully saturated rings. The second kappa shape index (κ2) is 7.06. The lowest BCUT2D eigenvalue weighted by atomic mass is 10.1. The van der Waals surface area contributed by atoms with Gasteiger partial charge in [-0.05, 0) is 31.5 Å². The Hall–Kier alpha value is -2.04. The number of benzene rings is 2. The van der Waals surface area contributed by atoms with Gasteiger partial charge >= 0.3 is 0 Å². The molecule has 0 aliphatic rings. The standard InChI is InChI=1S/C21H21N2S2/c1-3-15-9-7-12-18-21(15)23(4-2)20(25-18)14-8-13-19-22-16-10-5-6-11-17(16)24-19/h5-12,14H,3-4,13H2,1-2H3/q+1. The van der Waals surface area contributed by atoms with Crippen molar-refractivity contribution in [3.8, 4) is 0 Å². The Balaban J connectivity index is 1.64. The number of thiazole rings is 2. The number of nitrogens with zero attached hydrogens (tertiary/aromatic N) is 2. The highest BCUT2D eigenvalue weighted by atomic mass is 32.1. The molecule has 0 saturated heterocycles. The summed E-state index contributed by atoms with van der Waals surface area (Å²) in [6, 6.07) is 15.0. The molecule has 2 heterocycles. The summed E-state index contributed by atoms with van der Waals surface area (Å²) >= 11 is 3.67. The van der Waals surface area contributed by atoms with Crippen molar-refractivity contribution >= 4 is 49.2 Å². The first-order valence-corrected chi connectivity index (χ1v) is 10.4. The molecule has 4 rings (SSSR count). The molecule has 0 N–H and O–H groups in total. The zero-order chi connectivity index (χ0) is 17.2. The molecule has 0 amide bonds. The van der Waals surface area contributed by atoms with Gasteiger partial charge in [0.05, 0.1) is 15.2 Å². The van der Waals surface area contributed by atoms with Crippen LogP contribution in [0.5, 0.6) is 0 Å². The van der Waals surface area contributed by atoms with Crippen LogP contribution in [0.15, 0.2) is 48.5 Å². The third-order valence-electron chi connectivity index (χ3n) is 4.42. The first-order chi connectivity index (χ1) is 12.3. The Bertz CT molecular complexity index is 1020. The molecule has 0 unspecified atom stereocenters. The van der Waals surface area contributed by atoms with E-state index in [2.05, 4.69) is 67.0 Å². The maximum absolute atomic E-state index is 4.72. The smallest absolute Gasteiger partial charge is 0.241 e. The summed E-state index contributed by atoms with van der Waals surface area (Å²) in [5, 5.41) is 2.50. The monoisotopic (exact) mass is 365 g/mol. The fourth-order valence-electron chi connectivity index (χ4n) is 3.23. The highest BCUT2D eigenvalue weighted by molar-refractivity contribution is 7.19. The van der Waals surface area contributed by atoms with E-state index in [0.29, 0.717) is 0 Å². The Labute approximate surface area is 156 Å². The maximum Gasteiger partial charge on any atom is 0.262 e. The summed E-state index contributed by atoms with van der Waals surface area (Å²) in [4.78, 5) is 4.72. The third kappa shape index (κ3) is 3.12. The van der Waals surface area contributed by atoms with E-state index < -0.39 is 0 Å². The summed E-state index contributed by atoms with van der Waals surface area (Å²) in [6.45, 7) is 5.45. The molecule has 25 heavy (non-hydrogen) atoms. The van der Waals surface area contributed by atoms with Crippen molar-refractivity contribution in [2.24, 2.45) is 0 Å². The number of aryl methyl sites for hydroxylation is 2. The summed E-state index contributed by atoms with van der Waals surface area (Å²) in [7, 11) is 0. The SMILES string of the molecule is CCc1cccc2sc(C=CCc3nc4ccccc4s3)[n+](CC)c12. The Morgan fingerprint density at radius 2 is 1.84 bits per heavy atom. The van der Waals surface area contributed by atoms with Crippen molar-refractivity contribution in [2.45, 2.75) is 33.2 Å². The molecular formula is C21H21N2S2+. The van der Waals surface area contributed by atoms with E-state index in [-0.39, 0.29) is 0 Å². The molecule has 4 heteroatoms. The molecule has 2 nitrogen and oxygen atoms in total. The number of aromatic nitrogens is 2. The van der Waals surface area contributed by atoms with Gasteiger partial charge in [-0.3, -0.25) is 0 Å². The third-order valence-corrected chi connectivity index (χ3v) is 6.59. The second-order valence-electron chi connectivity index (χ2n) is 5.98. The van der Waals surface area contributed by atoms with Gasteiger partial charge in [0.25, 0.3) is 5.01 Å². The molecule has 0 aliphatic heterocycles. The van der Waals surface area contributed by atoms with Crippen molar-refractivity contribution in [3.63, 3.8) is 0 Å². The quantitative estimate of drug-likeness (QED) is 0.418. The van der Waals surface area contributed by atoms with E-state index in [1.54, 1.807) is 11.3 Å². The molecule has 126 valence electrons. The number of allylic oxidation sites excluding steroid dienone is 1. The molecule has 0 aliphatic carbocycles. The predicted octanol–water partition coefficient (Wildman–Crippen LogP) is 5.64. The van der Waals surface area contributed by atoms with Crippen LogP contribution in [0.2, 0.25) is 0 Å². The molecule has 0 radical (unpaired) electrons. The Kier molecular flexibility index (Phi) is 4.64. The van der Waals surface area contributed by atoms with Gasteiger partial charge in [0.2, 0.25) is 5.52 Å². The van der Waals surface area contributed by atoms with Crippen molar-refractivity contribution in [1.29, 1.82) is 0 Å². The van der Waals surface area contributed by atoms with Crippen LogP contribution in [-0.4, -0.2) is 4.98 Å². The van der Waals surface area contributed by atoms with Crippen LogP contribution in [0.3, 0.4) is 0 Å². The average Bonchev–Trinajstić information content (AvgIpc) is 3.21. The van der Waals surface area contributed by atoms with E-state index in [4.69, 9.17) is 4.98 Å². The minimum atomic E-state index is 0.887. The summed E-state index contributed by atoms with van der Waals surface area (Å²) in [6.07, 6.45) is 6.47. The lowest BCUT2D eigenvalue weighted by molar-refractivity contribution is -0.665. The number of rotatable bonds is 5. The minimum absolute atomic E-state index is 0.887. The van der Waals surface area contributed by atoms with Gasteiger partial charge in [-0.15, -0.1) is 11.3 Å². The molecule has 2 aromatic carbocycles. The van der Waals surface area contributed by atoms with Gasteiger partial charge < -0.3 is 0 Å². The zero-order valence-electron chi connectivity index (χ0n) is 14.5. The number of hydrogen-bond donors (Lipinski definition) is 0. The van der Waals surface area contributed by atoms with Crippen molar-refractivity contribution < 1.29 is 4.57 Å². The lowest BCUT2D eigenvalue weighted by Crippen LogP contribution is -2.34. The normalized spacial score (nSPS) is 11.9. The van der Waals surface area contributed by atoms with Crippen LogP contribution < -0.4 is 4.57 Å². The average molecular weight is 366 g/mol. The topological polar surface area (TPSA) is 16.8 Å².